The van der Waals surface area contributed by atoms with Crippen molar-refractivity contribution in [2.24, 2.45) is 0 Å². The van der Waals surface area contributed by atoms with Crippen molar-refractivity contribution in [2.75, 3.05) is 0 Å². The Kier molecular flexibility index (Phi) is 3.26. The fourth-order valence-electron chi connectivity index (χ4n) is 1.09. The normalized spacial score (nSPS) is 11.3. The van der Waals surface area contributed by atoms with Gasteiger partial charge in [-0.2, -0.15) is 0 Å². The predicted octanol–water partition coefficient (Wildman–Crippen LogP) is 2.26. The van der Waals surface area contributed by atoms with Crippen LogP contribution >= 0.6 is 0 Å². The predicted molar refractivity (Wildman–Crippen MR) is 51.5 cm³/mol. The van der Waals surface area contributed by atoms with Crippen LogP contribution in [0.15, 0.2) is 42.2 Å². The highest BCUT2D eigenvalue weighted by Crippen LogP contribution is 2.04. The molecule has 0 amide bonds. The van der Waals surface area contributed by atoms with Gasteiger partial charge in [0.2, 0.25) is 0 Å². The molecule has 0 aliphatic carbocycles. The van der Waals surface area contributed by atoms with Crippen LogP contribution < -0.4 is 0 Å². The minimum absolute atomic E-state index is 0.110. The summed E-state index contributed by atoms with van der Waals surface area (Å²) in [6.45, 7) is 1.42. The van der Waals surface area contributed by atoms with E-state index in [9.17, 15) is 9.90 Å². The van der Waals surface area contributed by atoms with Gasteiger partial charge in [0.05, 0.1) is 0 Å². The van der Waals surface area contributed by atoms with Crippen molar-refractivity contribution in [3.8, 4) is 0 Å². The Labute approximate surface area is 77.5 Å². The number of benzene rings is 1. The molecule has 0 spiro atoms. The number of rotatable bonds is 3. The van der Waals surface area contributed by atoms with Gasteiger partial charge in [-0.05, 0) is 12.5 Å². The minimum Gasteiger partial charge on any atom is -0.512 e. The molecule has 0 saturated heterocycles. The molecule has 13 heavy (non-hydrogen) atoms. The Morgan fingerprint density at radius 3 is 2.54 bits per heavy atom. The third kappa shape index (κ3) is 3.56. The second-order valence-electron chi connectivity index (χ2n) is 2.91. The molecule has 0 bridgehead atoms. The first kappa shape index (κ1) is 9.52. The van der Waals surface area contributed by atoms with Gasteiger partial charge in [0, 0.05) is 12.5 Å². The molecule has 1 aromatic rings. The first-order chi connectivity index (χ1) is 6.18. The molecule has 0 unspecified atom stereocenters. The van der Waals surface area contributed by atoms with Gasteiger partial charge < -0.3 is 5.11 Å². The van der Waals surface area contributed by atoms with Crippen molar-refractivity contribution in [1.82, 2.24) is 0 Å². The fraction of sp³-hybridized carbons (Fsp3) is 0.182. The number of ketones is 1. The molecule has 0 radical (unpaired) electrons. The zero-order chi connectivity index (χ0) is 9.68. The second kappa shape index (κ2) is 4.45. The SMILES string of the molecule is CC(=O)C=C(O)Cc1ccccc1. The molecular formula is C11H12O2. The lowest BCUT2D eigenvalue weighted by atomic mass is 10.1. The Balaban J connectivity index is 2.65. The number of hydrogen-bond acceptors (Lipinski definition) is 2. The molecule has 0 fully saturated rings. The average molecular weight is 176 g/mol. The number of carbonyl (C=O) groups is 1. The topological polar surface area (TPSA) is 37.3 Å². The molecule has 0 aromatic heterocycles. The maximum atomic E-state index is 10.6. The smallest absolute Gasteiger partial charge is 0.155 e. The Morgan fingerprint density at radius 2 is 2.00 bits per heavy atom. The molecule has 68 valence electrons. The molecule has 2 nitrogen and oxygen atoms in total. The van der Waals surface area contributed by atoms with Crippen LogP contribution in [0.2, 0.25) is 0 Å². The summed E-state index contributed by atoms with van der Waals surface area (Å²) < 4.78 is 0. The minimum atomic E-state index is -0.131. The quantitative estimate of drug-likeness (QED) is 0.566. The summed E-state index contributed by atoms with van der Waals surface area (Å²) in [5, 5.41) is 9.31. The summed E-state index contributed by atoms with van der Waals surface area (Å²) in [6.07, 6.45) is 1.66. The molecule has 1 rings (SSSR count). The van der Waals surface area contributed by atoms with Gasteiger partial charge in [-0.1, -0.05) is 30.3 Å². The number of carbonyl (C=O) groups excluding carboxylic acids is 1. The molecule has 0 aliphatic rings. The van der Waals surface area contributed by atoms with Gasteiger partial charge in [0.15, 0.2) is 5.78 Å². The first-order valence-electron chi connectivity index (χ1n) is 4.12. The Hall–Kier alpha value is -1.57. The third-order valence-corrected chi connectivity index (χ3v) is 1.60. The molecule has 1 N–H and O–H groups in total. The second-order valence-corrected chi connectivity index (χ2v) is 2.91. The highest BCUT2D eigenvalue weighted by molar-refractivity contribution is 5.87. The van der Waals surface area contributed by atoms with Crippen molar-refractivity contribution in [2.45, 2.75) is 13.3 Å². The van der Waals surface area contributed by atoms with Crippen LogP contribution in [0.1, 0.15) is 12.5 Å². The molecule has 0 saturated carbocycles. The highest BCUT2D eigenvalue weighted by Gasteiger charge is 1.97. The fourth-order valence-corrected chi connectivity index (χ4v) is 1.09. The van der Waals surface area contributed by atoms with Crippen LogP contribution in [0, 0.1) is 0 Å². The van der Waals surface area contributed by atoms with Crippen molar-refractivity contribution >= 4 is 5.78 Å². The largest absolute Gasteiger partial charge is 0.512 e. The van der Waals surface area contributed by atoms with E-state index in [0.29, 0.717) is 6.42 Å². The van der Waals surface area contributed by atoms with E-state index in [-0.39, 0.29) is 11.5 Å². The van der Waals surface area contributed by atoms with Gasteiger partial charge in [-0.15, -0.1) is 0 Å². The van der Waals surface area contributed by atoms with Gasteiger partial charge >= 0.3 is 0 Å². The molecular weight excluding hydrogens is 164 g/mol. The van der Waals surface area contributed by atoms with E-state index in [1.165, 1.54) is 13.0 Å². The molecule has 0 atom stereocenters. The van der Waals surface area contributed by atoms with E-state index in [2.05, 4.69) is 0 Å². The maximum Gasteiger partial charge on any atom is 0.155 e. The molecule has 0 aliphatic heterocycles. The molecule has 1 aromatic carbocycles. The number of allylic oxidation sites excluding steroid dienone is 2. The van der Waals surface area contributed by atoms with Crippen molar-refractivity contribution in [1.29, 1.82) is 0 Å². The van der Waals surface area contributed by atoms with Crippen molar-refractivity contribution in [3.63, 3.8) is 0 Å². The van der Waals surface area contributed by atoms with Crippen LogP contribution in [0.5, 0.6) is 0 Å². The van der Waals surface area contributed by atoms with Crippen LogP contribution in [-0.2, 0) is 11.2 Å². The van der Waals surface area contributed by atoms with E-state index >= 15 is 0 Å². The van der Waals surface area contributed by atoms with E-state index in [0.717, 1.165) is 5.56 Å². The van der Waals surface area contributed by atoms with Gasteiger partial charge in [-0.25, -0.2) is 0 Å². The van der Waals surface area contributed by atoms with E-state index in [4.69, 9.17) is 0 Å². The highest BCUT2D eigenvalue weighted by atomic mass is 16.3. The molecule has 0 heterocycles. The summed E-state index contributed by atoms with van der Waals surface area (Å²) >= 11 is 0. The Bertz CT molecular complexity index is 312. The van der Waals surface area contributed by atoms with Crippen LogP contribution in [-0.4, -0.2) is 10.9 Å². The average Bonchev–Trinajstić information content (AvgIpc) is 2.04. The number of aliphatic hydroxyl groups is 1. The maximum absolute atomic E-state index is 10.6. The summed E-state index contributed by atoms with van der Waals surface area (Å²) in [5.41, 5.74) is 0.998. The van der Waals surface area contributed by atoms with E-state index < -0.39 is 0 Å². The summed E-state index contributed by atoms with van der Waals surface area (Å²) in [5.74, 6) is -0.0212. The Morgan fingerprint density at radius 1 is 1.38 bits per heavy atom. The summed E-state index contributed by atoms with van der Waals surface area (Å²) in [4.78, 5) is 10.6. The van der Waals surface area contributed by atoms with Gasteiger partial charge in [-0.3, -0.25) is 4.79 Å². The first-order valence-corrected chi connectivity index (χ1v) is 4.12. The third-order valence-electron chi connectivity index (χ3n) is 1.60. The van der Waals surface area contributed by atoms with Crippen LogP contribution in [0.25, 0.3) is 0 Å². The monoisotopic (exact) mass is 176 g/mol. The van der Waals surface area contributed by atoms with E-state index in [1.807, 2.05) is 30.3 Å². The zero-order valence-electron chi connectivity index (χ0n) is 7.53. The van der Waals surface area contributed by atoms with Crippen molar-refractivity contribution < 1.29 is 9.90 Å². The lowest BCUT2D eigenvalue weighted by molar-refractivity contribution is -0.112. The number of hydrogen-bond donors (Lipinski definition) is 1. The standard InChI is InChI=1S/C11H12O2/c1-9(12)7-11(13)8-10-5-3-2-4-6-10/h2-7,13H,8H2,1H3. The lowest BCUT2D eigenvalue weighted by Gasteiger charge is -1.98. The van der Waals surface area contributed by atoms with Crippen LogP contribution in [0.3, 0.4) is 0 Å². The van der Waals surface area contributed by atoms with Crippen LogP contribution in [0.4, 0.5) is 0 Å². The van der Waals surface area contributed by atoms with E-state index in [1.54, 1.807) is 0 Å². The zero-order valence-corrected chi connectivity index (χ0v) is 7.53. The van der Waals surface area contributed by atoms with Crippen molar-refractivity contribution in [3.05, 3.63) is 47.7 Å². The van der Waals surface area contributed by atoms with Gasteiger partial charge in [0.1, 0.15) is 5.76 Å². The summed E-state index contributed by atoms with van der Waals surface area (Å²) in [6, 6.07) is 9.52. The lowest BCUT2D eigenvalue weighted by Crippen LogP contribution is -1.92. The molecule has 2 heteroatoms. The summed E-state index contributed by atoms with van der Waals surface area (Å²) in [7, 11) is 0. The van der Waals surface area contributed by atoms with Gasteiger partial charge in [0.25, 0.3) is 0 Å². The number of aliphatic hydroxyl groups excluding tert-OH is 1.